The molecule has 16 heteroatoms. The maximum atomic E-state index is 12.9. The molecule has 2 aliphatic rings. The number of rotatable bonds is 24. The van der Waals surface area contributed by atoms with Crippen molar-refractivity contribution in [3.63, 3.8) is 0 Å². The van der Waals surface area contributed by atoms with Crippen LogP contribution >= 0.6 is 0 Å². The van der Waals surface area contributed by atoms with Crippen LogP contribution in [0.25, 0.3) is 0 Å². The highest BCUT2D eigenvalue weighted by Gasteiger charge is 2.44. The summed E-state index contributed by atoms with van der Waals surface area (Å²) in [7, 11) is 20.7. The summed E-state index contributed by atoms with van der Waals surface area (Å²) in [6.45, 7) is 3.37. The number of nitrogens with zero attached hydrogens (tertiary/aromatic N) is 2. The third kappa shape index (κ3) is 11.4. The fourth-order valence-corrected chi connectivity index (χ4v) is 10.4. The van der Waals surface area contributed by atoms with Gasteiger partial charge in [0.05, 0.1) is 136 Å². The van der Waals surface area contributed by atoms with E-state index in [1.165, 1.54) is 0 Å². The summed E-state index contributed by atoms with van der Waals surface area (Å²) in [5.41, 5.74) is 6.49. The monoisotopic (exact) mass is 972 g/mol. The van der Waals surface area contributed by atoms with E-state index >= 15 is 0 Å². The van der Waals surface area contributed by atoms with Crippen LogP contribution in [0.1, 0.15) is 58.3 Å². The van der Waals surface area contributed by atoms with Gasteiger partial charge in [-0.25, -0.2) is 9.59 Å². The Balaban J connectivity index is 1.08. The van der Waals surface area contributed by atoms with Gasteiger partial charge >= 0.3 is 11.9 Å². The number of carbonyl (C=O) groups excluding carboxylic acids is 2. The maximum absolute atomic E-state index is 12.9. The zero-order valence-electron chi connectivity index (χ0n) is 43.0. The van der Waals surface area contributed by atoms with E-state index in [0.29, 0.717) is 105 Å². The maximum Gasteiger partial charge on any atom is 0.331 e. The van der Waals surface area contributed by atoms with Crippen LogP contribution in [0.15, 0.2) is 60.7 Å². The first-order valence-electron chi connectivity index (χ1n) is 23.5. The van der Waals surface area contributed by atoms with Crippen molar-refractivity contribution in [2.24, 2.45) is 0 Å². The van der Waals surface area contributed by atoms with Crippen LogP contribution in [-0.2, 0) is 44.7 Å². The lowest BCUT2D eigenvalue weighted by Crippen LogP contribution is -2.53. The molecule has 0 spiro atoms. The summed E-state index contributed by atoms with van der Waals surface area (Å²) in [5, 5.41) is 0. The summed E-state index contributed by atoms with van der Waals surface area (Å²) in [6.07, 6.45) is 6.29. The van der Waals surface area contributed by atoms with E-state index in [4.69, 9.17) is 56.8 Å². The van der Waals surface area contributed by atoms with Crippen molar-refractivity contribution in [2.45, 2.75) is 50.6 Å². The molecule has 4 atom stereocenters. The van der Waals surface area contributed by atoms with Gasteiger partial charge in [0.15, 0.2) is 46.0 Å². The lowest BCUT2D eigenvalue weighted by molar-refractivity contribution is -0.941. The van der Waals surface area contributed by atoms with Crippen molar-refractivity contribution in [2.75, 3.05) is 125 Å². The van der Waals surface area contributed by atoms with Crippen molar-refractivity contribution < 1.29 is 75.4 Å². The van der Waals surface area contributed by atoms with Gasteiger partial charge in [-0.1, -0.05) is 12.1 Å². The molecular weight excluding hydrogens is 901 g/mol. The van der Waals surface area contributed by atoms with E-state index in [2.05, 4.69) is 14.1 Å². The quantitative estimate of drug-likeness (QED) is 0.0296. The highest BCUT2D eigenvalue weighted by Crippen LogP contribution is 2.52. The van der Waals surface area contributed by atoms with Crippen LogP contribution in [0.5, 0.6) is 57.5 Å². The standard InChI is InChI=1S/C54H72N2O14/c1-55(25-21-37-33-45(63-7)51(65-9)53(67-11)49(37)39(55)29-35-15-17-41(59-3)43(31-35)61-5)23-13-27-69-47(57)19-20-48(58)70-28-14-24-56(2)26-22-38-34-46(64-8)52(66-10)54(68-12)50(38)40(56)30-36-16-18-42(60-4)44(32-36)62-6/h15-20,31-34,39-40H,13-14,21-30H2,1-12H3/q+2. The minimum absolute atomic E-state index is 0.0591. The van der Waals surface area contributed by atoms with Crippen LogP contribution in [0.3, 0.4) is 0 Å². The van der Waals surface area contributed by atoms with E-state index in [1.54, 1.807) is 71.1 Å². The Morgan fingerprint density at radius 1 is 0.471 bits per heavy atom. The summed E-state index contributed by atoms with van der Waals surface area (Å²) in [5.74, 6) is 4.95. The molecule has 0 N–H and O–H groups in total. The predicted octanol–water partition coefficient (Wildman–Crippen LogP) is 7.47. The third-order valence-electron chi connectivity index (χ3n) is 14.1. The fraction of sp³-hybridized carbons (Fsp3) is 0.481. The Morgan fingerprint density at radius 2 is 0.829 bits per heavy atom. The Labute approximate surface area is 412 Å². The largest absolute Gasteiger partial charge is 0.493 e. The Morgan fingerprint density at radius 3 is 1.16 bits per heavy atom. The lowest BCUT2D eigenvalue weighted by atomic mass is 9.85. The van der Waals surface area contributed by atoms with Crippen molar-refractivity contribution in [1.29, 1.82) is 0 Å². The molecule has 4 aromatic carbocycles. The Bertz CT molecular complexity index is 2320. The van der Waals surface area contributed by atoms with E-state index in [1.807, 2.05) is 48.5 Å². The van der Waals surface area contributed by atoms with Gasteiger partial charge in [0.2, 0.25) is 11.5 Å². The number of methoxy groups -OCH3 is 10. The van der Waals surface area contributed by atoms with Crippen molar-refractivity contribution in [3.05, 3.63) is 94.1 Å². The second-order valence-corrected chi connectivity index (χ2v) is 18.0. The second kappa shape index (κ2) is 23.9. The normalized spacial score (nSPS) is 19.3. The number of quaternary nitrogens is 2. The molecule has 16 nitrogen and oxygen atoms in total. The van der Waals surface area contributed by atoms with Gasteiger partial charge in [-0.05, 0) is 58.7 Å². The van der Waals surface area contributed by atoms with Crippen LogP contribution < -0.4 is 47.4 Å². The fourth-order valence-electron chi connectivity index (χ4n) is 10.4. The van der Waals surface area contributed by atoms with E-state index < -0.39 is 11.9 Å². The third-order valence-corrected chi connectivity index (χ3v) is 14.1. The molecule has 0 saturated carbocycles. The number of fused-ring (bicyclic) bond motifs is 2. The van der Waals surface area contributed by atoms with Gasteiger partial charge in [-0.2, -0.15) is 0 Å². The Hall–Kier alpha value is -6.52. The minimum Gasteiger partial charge on any atom is -0.493 e. The molecule has 4 aromatic rings. The molecule has 0 saturated heterocycles. The first kappa shape index (κ1) is 52.8. The zero-order chi connectivity index (χ0) is 50.6. The summed E-state index contributed by atoms with van der Waals surface area (Å²) in [6, 6.07) is 15.9. The molecule has 0 aromatic heterocycles. The predicted molar refractivity (Wildman–Crippen MR) is 264 cm³/mol. The second-order valence-electron chi connectivity index (χ2n) is 18.0. The molecule has 0 fully saturated rings. The molecule has 0 amide bonds. The smallest absolute Gasteiger partial charge is 0.331 e. The number of hydrogen-bond acceptors (Lipinski definition) is 14. The van der Waals surface area contributed by atoms with Gasteiger partial charge in [-0.15, -0.1) is 0 Å². The molecule has 0 bridgehead atoms. The molecule has 6 rings (SSSR count). The number of hydrogen-bond donors (Lipinski definition) is 0. The van der Waals surface area contributed by atoms with Crippen molar-refractivity contribution >= 4 is 11.9 Å². The molecule has 2 aliphatic heterocycles. The zero-order valence-corrected chi connectivity index (χ0v) is 43.0. The van der Waals surface area contributed by atoms with E-state index in [9.17, 15) is 9.59 Å². The molecule has 380 valence electrons. The molecule has 0 aliphatic carbocycles. The molecule has 70 heavy (non-hydrogen) atoms. The van der Waals surface area contributed by atoms with Crippen LogP contribution in [0.4, 0.5) is 0 Å². The topological polar surface area (TPSA) is 145 Å². The highest BCUT2D eigenvalue weighted by atomic mass is 16.6. The highest BCUT2D eigenvalue weighted by molar-refractivity contribution is 5.91. The first-order chi connectivity index (χ1) is 33.8. The van der Waals surface area contributed by atoms with E-state index in [-0.39, 0.29) is 25.3 Å². The van der Waals surface area contributed by atoms with Crippen molar-refractivity contribution in [1.82, 2.24) is 0 Å². The van der Waals surface area contributed by atoms with E-state index in [0.717, 1.165) is 71.5 Å². The van der Waals surface area contributed by atoms with Crippen LogP contribution in [0, 0.1) is 0 Å². The van der Waals surface area contributed by atoms with Gasteiger partial charge in [-0.3, -0.25) is 0 Å². The number of ether oxygens (including phenoxy) is 12. The molecular formula is C54H72N2O14+2. The molecule has 0 radical (unpaired) electrons. The van der Waals surface area contributed by atoms with Gasteiger partial charge in [0, 0.05) is 50.7 Å². The van der Waals surface area contributed by atoms with Gasteiger partial charge in [0.25, 0.3) is 0 Å². The van der Waals surface area contributed by atoms with Crippen LogP contribution in [0.2, 0.25) is 0 Å². The number of esters is 2. The molecule has 2 heterocycles. The molecule has 4 unspecified atom stereocenters. The summed E-state index contributed by atoms with van der Waals surface area (Å²) >= 11 is 0. The lowest BCUT2D eigenvalue weighted by Gasteiger charge is -2.46. The summed E-state index contributed by atoms with van der Waals surface area (Å²) in [4.78, 5) is 25.8. The minimum atomic E-state index is -0.618. The Kier molecular flexibility index (Phi) is 18.0. The van der Waals surface area contributed by atoms with Gasteiger partial charge < -0.3 is 65.8 Å². The SMILES string of the molecule is COc1ccc(CC2c3c(cc(OC)c(OC)c3OC)CC[N+]2(C)CCCOC(=O)C=CC(=O)OCCC[N+]2(C)CCc3cc(OC)c(OC)c(OC)c3C2Cc2ccc(OC)c(OC)c2)cc1OC. The first-order valence-corrected chi connectivity index (χ1v) is 23.5. The number of benzene rings is 4. The van der Waals surface area contributed by atoms with Crippen molar-refractivity contribution in [3.8, 4) is 57.5 Å². The van der Waals surface area contributed by atoms with Crippen LogP contribution in [-0.4, -0.2) is 145 Å². The average Bonchev–Trinajstić information content (AvgIpc) is 3.38. The van der Waals surface area contributed by atoms with Gasteiger partial charge in [0.1, 0.15) is 12.1 Å². The summed E-state index contributed by atoms with van der Waals surface area (Å²) < 4.78 is 70.1. The average molecular weight is 973 g/mol. The number of carbonyl (C=O) groups is 2. The number of likely N-dealkylation sites (N-methyl/N-ethyl adjacent to an activating group) is 2.